The average molecular weight is 307 g/mol. The highest BCUT2D eigenvalue weighted by molar-refractivity contribution is 6.77. The third-order valence-corrected chi connectivity index (χ3v) is 6.93. The second-order valence-corrected chi connectivity index (χ2v) is 12.7. The molecule has 0 bridgehead atoms. The Hall–Kier alpha value is -1.00. The molecule has 1 saturated heterocycles. The Morgan fingerprint density at radius 1 is 1.38 bits per heavy atom. The number of aryl methyl sites for hydroxylation is 1. The highest BCUT2D eigenvalue weighted by Crippen LogP contribution is 2.27. The predicted octanol–water partition coefficient (Wildman–Crippen LogP) is 3.83. The smallest absolute Gasteiger partial charge is 0.0785 e. The maximum absolute atomic E-state index is 6.43. The van der Waals surface area contributed by atoms with Crippen LogP contribution >= 0.6 is 0 Å². The van der Waals surface area contributed by atoms with Crippen LogP contribution in [-0.2, 0) is 4.74 Å². The van der Waals surface area contributed by atoms with Crippen LogP contribution in [0, 0.1) is 6.92 Å². The summed E-state index contributed by atoms with van der Waals surface area (Å²) < 4.78 is 6.43. The van der Waals surface area contributed by atoms with Crippen molar-refractivity contribution in [2.45, 2.75) is 58.2 Å². The van der Waals surface area contributed by atoms with Gasteiger partial charge in [0.05, 0.1) is 14.2 Å². The molecule has 2 N–H and O–H groups in total. The number of ether oxygens (including phenoxy) is 1. The molecule has 1 heterocycles. The van der Waals surface area contributed by atoms with Crippen LogP contribution in [0.2, 0.25) is 19.6 Å². The van der Waals surface area contributed by atoms with Crippen molar-refractivity contribution in [2.24, 2.45) is 0 Å². The summed E-state index contributed by atoms with van der Waals surface area (Å²) in [6.45, 7) is 13.6. The second kappa shape index (κ2) is 6.40. The van der Waals surface area contributed by atoms with Crippen molar-refractivity contribution in [3.8, 4) is 0 Å². The Kier molecular flexibility index (Phi) is 4.99. The van der Waals surface area contributed by atoms with Crippen LogP contribution in [0.1, 0.15) is 25.3 Å². The van der Waals surface area contributed by atoms with Gasteiger partial charge in [-0.2, -0.15) is 0 Å². The van der Waals surface area contributed by atoms with E-state index in [9.17, 15) is 0 Å². The van der Waals surface area contributed by atoms with E-state index in [1.165, 1.54) is 5.69 Å². The van der Waals surface area contributed by atoms with Crippen molar-refractivity contribution in [3.63, 3.8) is 0 Å². The Labute approximate surface area is 130 Å². The number of hydrogen-bond acceptors (Lipinski definition) is 3. The quantitative estimate of drug-likeness (QED) is 0.664. The molecule has 3 nitrogen and oxygen atoms in total. The monoisotopic (exact) mass is 306 g/mol. The van der Waals surface area contributed by atoms with Crippen LogP contribution in [0.15, 0.2) is 18.2 Å². The molecule has 1 fully saturated rings. The summed E-state index contributed by atoms with van der Waals surface area (Å²) in [5, 5.41) is 0. The lowest BCUT2D eigenvalue weighted by atomic mass is 10.2. The fraction of sp³-hybridized carbons (Fsp3) is 0.647. The minimum Gasteiger partial charge on any atom is -0.399 e. The maximum atomic E-state index is 6.43. The molecule has 1 aromatic carbocycles. The van der Waals surface area contributed by atoms with E-state index < -0.39 is 8.07 Å². The van der Waals surface area contributed by atoms with Gasteiger partial charge in [0, 0.05) is 30.2 Å². The molecule has 0 saturated carbocycles. The third kappa shape index (κ3) is 4.01. The molecule has 4 heteroatoms. The van der Waals surface area contributed by atoms with Gasteiger partial charge in [0.15, 0.2) is 0 Å². The number of benzene rings is 1. The number of nitrogens with two attached hydrogens (primary N) is 1. The molecule has 1 aliphatic heterocycles. The maximum Gasteiger partial charge on any atom is 0.0785 e. The van der Waals surface area contributed by atoms with Crippen LogP contribution in [0.25, 0.3) is 0 Å². The van der Waals surface area contributed by atoms with Gasteiger partial charge in [-0.05, 0) is 43.5 Å². The summed E-state index contributed by atoms with van der Waals surface area (Å²) in [4.78, 5) is 2.42. The number of nitrogen functional groups attached to an aromatic ring is 1. The molecule has 2 atom stereocenters. The minimum atomic E-state index is -1.23. The van der Waals surface area contributed by atoms with E-state index in [-0.39, 0.29) is 0 Å². The first-order valence-corrected chi connectivity index (χ1v) is 11.7. The van der Waals surface area contributed by atoms with E-state index in [0.29, 0.717) is 11.8 Å². The molecule has 0 aliphatic carbocycles. The molecule has 1 aromatic rings. The Balaban J connectivity index is 1.98. The van der Waals surface area contributed by atoms with Gasteiger partial charge in [0.25, 0.3) is 0 Å². The topological polar surface area (TPSA) is 38.5 Å². The molecule has 118 valence electrons. The molecule has 2 rings (SSSR count). The SMILES string of the molecule is CCC(OC1CCN(c2ccc(N)c(C)c2)C1)[Si](C)(C)C. The van der Waals surface area contributed by atoms with Gasteiger partial charge < -0.3 is 15.4 Å². The highest BCUT2D eigenvalue weighted by atomic mass is 28.3. The normalized spacial score (nSPS) is 20.8. The number of anilines is 2. The Morgan fingerprint density at radius 2 is 2.10 bits per heavy atom. The molecule has 0 spiro atoms. The van der Waals surface area contributed by atoms with Gasteiger partial charge in [-0.3, -0.25) is 0 Å². The van der Waals surface area contributed by atoms with Gasteiger partial charge in [0.1, 0.15) is 0 Å². The van der Waals surface area contributed by atoms with E-state index in [4.69, 9.17) is 10.5 Å². The zero-order valence-electron chi connectivity index (χ0n) is 14.1. The summed E-state index contributed by atoms with van der Waals surface area (Å²) >= 11 is 0. The van der Waals surface area contributed by atoms with Crippen molar-refractivity contribution >= 4 is 19.4 Å². The number of rotatable bonds is 5. The fourth-order valence-electron chi connectivity index (χ4n) is 3.08. The summed E-state index contributed by atoms with van der Waals surface area (Å²) in [6.07, 6.45) is 2.64. The number of hydrogen-bond donors (Lipinski definition) is 1. The van der Waals surface area contributed by atoms with Crippen LogP contribution in [0.4, 0.5) is 11.4 Å². The lowest BCUT2D eigenvalue weighted by Crippen LogP contribution is -2.42. The lowest BCUT2D eigenvalue weighted by Gasteiger charge is -2.31. The Morgan fingerprint density at radius 3 is 2.67 bits per heavy atom. The zero-order valence-corrected chi connectivity index (χ0v) is 15.1. The predicted molar refractivity (Wildman–Crippen MR) is 94.7 cm³/mol. The molecule has 0 aromatic heterocycles. The first-order valence-electron chi connectivity index (χ1n) is 8.07. The summed E-state index contributed by atoms with van der Waals surface area (Å²) in [7, 11) is -1.23. The largest absolute Gasteiger partial charge is 0.399 e. The van der Waals surface area contributed by atoms with Crippen molar-refractivity contribution in [1.82, 2.24) is 0 Å². The molecule has 0 radical (unpaired) electrons. The standard InChI is InChI=1S/C17H30N2OSi/c1-6-17(21(3,4)5)20-15-9-10-19(12-15)14-7-8-16(18)13(2)11-14/h7-8,11,15,17H,6,9-10,12,18H2,1-5H3. The van der Waals surface area contributed by atoms with Crippen molar-refractivity contribution in [2.75, 3.05) is 23.7 Å². The lowest BCUT2D eigenvalue weighted by molar-refractivity contribution is 0.0370. The first-order chi connectivity index (χ1) is 9.81. The van der Waals surface area contributed by atoms with Gasteiger partial charge >= 0.3 is 0 Å². The molecule has 21 heavy (non-hydrogen) atoms. The highest BCUT2D eigenvalue weighted by Gasteiger charge is 2.31. The first kappa shape index (κ1) is 16.4. The summed E-state index contributed by atoms with van der Waals surface area (Å²) in [5.41, 5.74) is 9.68. The van der Waals surface area contributed by atoms with Crippen molar-refractivity contribution in [3.05, 3.63) is 23.8 Å². The molecular formula is C17H30N2OSi. The van der Waals surface area contributed by atoms with Crippen LogP contribution in [-0.4, -0.2) is 33.0 Å². The van der Waals surface area contributed by atoms with Crippen LogP contribution < -0.4 is 10.6 Å². The summed E-state index contributed by atoms with van der Waals surface area (Å²) in [6, 6.07) is 6.32. The van der Waals surface area contributed by atoms with E-state index in [1.807, 2.05) is 6.07 Å². The molecule has 0 amide bonds. The van der Waals surface area contributed by atoms with E-state index in [2.05, 4.69) is 50.5 Å². The molecule has 1 aliphatic rings. The van der Waals surface area contributed by atoms with Crippen LogP contribution in [0.3, 0.4) is 0 Å². The summed E-state index contributed by atoms with van der Waals surface area (Å²) in [5.74, 6) is 0. The minimum absolute atomic E-state index is 0.375. The van der Waals surface area contributed by atoms with Gasteiger partial charge in [-0.1, -0.05) is 26.6 Å². The Bertz CT molecular complexity index is 484. The van der Waals surface area contributed by atoms with Crippen LogP contribution in [0.5, 0.6) is 0 Å². The van der Waals surface area contributed by atoms with Gasteiger partial charge in [0.2, 0.25) is 0 Å². The van der Waals surface area contributed by atoms with Gasteiger partial charge in [-0.25, -0.2) is 0 Å². The van der Waals surface area contributed by atoms with Crippen molar-refractivity contribution in [1.29, 1.82) is 0 Å². The zero-order chi connectivity index (χ0) is 15.6. The van der Waals surface area contributed by atoms with E-state index in [0.717, 1.165) is 37.2 Å². The van der Waals surface area contributed by atoms with Crippen molar-refractivity contribution < 1.29 is 4.74 Å². The third-order valence-electron chi connectivity index (χ3n) is 4.46. The van der Waals surface area contributed by atoms with Gasteiger partial charge in [-0.15, -0.1) is 0 Å². The molecular weight excluding hydrogens is 276 g/mol. The second-order valence-electron chi connectivity index (χ2n) is 7.30. The fourth-order valence-corrected chi connectivity index (χ4v) is 4.90. The average Bonchev–Trinajstić information content (AvgIpc) is 2.86. The molecule has 2 unspecified atom stereocenters. The van der Waals surface area contributed by atoms with E-state index >= 15 is 0 Å². The van der Waals surface area contributed by atoms with E-state index in [1.54, 1.807) is 0 Å². The number of nitrogens with zero attached hydrogens (tertiary/aromatic N) is 1.